The van der Waals surface area contributed by atoms with E-state index in [4.69, 9.17) is 0 Å². The van der Waals surface area contributed by atoms with Gasteiger partial charge in [0.2, 0.25) is 5.78 Å². The summed E-state index contributed by atoms with van der Waals surface area (Å²) in [5.74, 6) is -1.62. The molecule has 6 heteroatoms. The number of alkyl halides is 3. The molecule has 68 valence electrons. The van der Waals surface area contributed by atoms with Crippen LogP contribution < -0.4 is 5.32 Å². The highest BCUT2D eigenvalue weighted by Crippen LogP contribution is 2.17. The Kier molecular flexibility index (Phi) is 2.35. The van der Waals surface area contributed by atoms with Gasteiger partial charge in [-0.1, -0.05) is 0 Å². The van der Waals surface area contributed by atoms with Crippen LogP contribution in [0.5, 0.6) is 0 Å². The van der Waals surface area contributed by atoms with Gasteiger partial charge in [0.05, 0.1) is 13.0 Å². The number of nitrogens with zero attached hydrogens (tertiary/aromatic N) is 1. The van der Waals surface area contributed by atoms with Crippen LogP contribution in [0.3, 0.4) is 0 Å². The first-order valence-corrected chi connectivity index (χ1v) is 3.37. The number of aliphatic imine (C=N–C) groups is 1. The number of Topliss-reactive ketones (excluding diaryl/α,β-unsaturated/α-hetero) is 1. The maximum Gasteiger partial charge on any atom is 0.450 e. The Morgan fingerprint density at radius 2 is 2.25 bits per heavy atom. The third-order valence-corrected chi connectivity index (χ3v) is 1.39. The molecule has 0 unspecified atom stereocenters. The van der Waals surface area contributed by atoms with Crippen LogP contribution in [0.1, 0.15) is 6.42 Å². The molecule has 0 aromatic carbocycles. The molecule has 0 fully saturated rings. The van der Waals surface area contributed by atoms with Gasteiger partial charge in [-0.25, -0.2) is 0 Å². The van der Waals surface area contributed by atoms with E-state index in [2.05, 4.69) is 10.3 Å². The van der Waals surface area contributed by atoms with Crippen LogP contribution in [0.2, 0.25) is 0 Å². The molecule has 0 atom stereocenters. The van der Waals surface area contributed by atoms with Crippen molar-refractivity contribution >= 4 is 11.6 Å². The Hall–Kier alpha value is -1.07. The van der Waals surface area contributed by atoms with Crippen LogP contribution in [-0.2, 0) is 4.79 Å². The lowest BCUT2D eigenvalue weighted by atomic mass is 10.2. The van der Waals surface area contributed by atoms with Crippen molar-refractivity contribution in [3.05, 3.63) is 0 Å². The number of amidine groups is 1. The van der Waals surface area contributed by atoms with E-state index in [0.29, 0.717) is 13.1 Å². The van der Waals surface area contributed by atoms with Gasteiger partial charge in [-0.15, -0.1) is 0 Å². The molecule has 1 rings (SSSR count). The molecule has 0 aromatic rings. The SMILES string of the molecule is O=C(CC1=NCCN1)C(F)(F)F. The monoisotopic (exact) mass is 180 g/mol. The fourth-order valence-electron chi connectivity index (χ4n) is 0.818. The first kappa shape index (κ1) is 9.02. The highest BCUT2D eigenvalue weighted by molar-refractivity contribution is 6.03. The van der Waals surface area contributed by atoms with Gasteiger partial charge in [0.15, 0.2) is 0 Å². The summed E-state index contributed by atoms with van der Waals surface area (Å²) in [5, 5.41) is 2.59. The summed E-state index contributed by atoms with van der Waals surface area (Å²) < 4.78 is 35.0. The molecule has 0 saturated heterocycles. The van der Waals surface area contributed by atoms with E-state index < -0.39 is 18.4 Å². The molecule has 1 heterocycles. The highest BCUT2D eigenvalue weighted by Gasteiger charge is 2.38. The van der Waals surface area contributed by atoms with Crippen molar-refractivity contribution in [3.8, 4) is 0 Å². The number of rotatable bonds is 2. The van der Waals surface area contributed by atoms with Crippen molar-refractivity contribution in [1.29, 1.82) is 0 Å². The molecular formula is C6H7F3N2O. The van der Waals surface area contributed by atoms with E-state index in [1.807, 2.05) is 0 Å². The van der Waals surface area contributed by atoms with Gasteiger partial charge in [-0.05, 0) is 0 Å². The van der Waals surface area contributed by atoms with Crippen LogP contribution >= 0.6 is 0 Å². The zero-order chi connectivity index (χ0) is 9.19. The quantitative estimate of drug-likeness (QED) is 0.672. The summed E-state index contributed by atoms with van der Waals surface area (Å²) >= 11 is 0. The van der Waals surface area contributed by atoms with Crippen LogP contribution in [0.4, 0.5) is 13.2 Å². The minimum absolute atomic E-state index is 0.136. The molecule has 0 bridgehead atoms. The number of nitrogens with one attached hydrogen (secondary N) is 1. The molecule has 12 heavy (non-hydrogen) atoms. The van der Waals surface area contributed by atoms with Crippen molar-refractivity contribution < 1.29 is 18.0 Å². The largest absolute Gasteiger partial charge is 0.450 e. The molecule has 1 N–H and O–H groups in total. The second-order valence-electron chi connectivity index (χ2n) is 2.35. The fourth-order valence-corrected chi connectivity index (χ4v) is 0.818. The number of carbonyl (C=O) groups excluding carboxylic acids is 1. The van der Waals surface area contributed by atoms with Crippen LogP contribution in [0.15, 0.2) is 4.99 Å². The average Bonchev–Trinajstić information content (AvgIpc) is 2.37. The van der Waals surface area contributed by atoms with Crippen molar-refractivity contribution in [2.24, 2.45) is 4.99 Å². The molecular weight excluding hydrogens is 173 g/mol. The predicted molar refractivity (Wildman–Crippen MR) is 36.0 cm³/mol. The Labute approximate surface area is 66.7 Å². The Morgan fingerprint density at radius 3 is 2.67 bits per heavy atom. The fraction of sp³-hybridized carbons (Fsp3) is 0.667. The molecule has 0 aliphatic carbocycles. The van der Waals surface area contributed by atoms with Crippen LogP contribution in [0.25, 0.3) is 0 Å². The van der Waals surface area contributed by atoms with Gasteiger partial charge in [0.1, 0.15) is 5.84 Å². The molecule has 1 aliphatic rings. The van der Waals surface area contributed by atoms with Gasteiger partial charge in [-0.3, -0.25) is 9.79 Å². The Morgan fingerprint density at radius 1 is 1.58 bits per heavy atom. The third kappa shape index (κ3) is 2.21. The lowest BCUT2D eigenvalue weighted by Crippen LogP contribution is -2.29. The van der Waals surface area contributed by atoms with Gasteiger partial charge in [0.25, 0.3) is 0 Å². The molecule has 3 nitrogen and oxygen atoms in total. The molecule has 0 spiro atoms. The zero-order valence-corrected chi connectivity index (χ0v) is 6.11. The zero-order valence-electron chi connectivity index (χ0n) is 6.11. The molecule has 0 saturated carbocycles. The number of halogens is 3. The van der Waals surface area contributed by atoms with E-state index in [1.54, 1.807) is 0 Å². The third-order valence-electron chi connectivity index (χ3n) is 1.39. The van der Waals surface area contributed by atoms with E-state index in [9.17, 15) is 18.0 Å². The van der Waals surface area contributed by atoms with E-state index in [1.165, 1.54) is 0 Å². The summed E-state index contributed by atoms with van der Waals surface area (Å²) in [6.45, 7) is 0.959. The Bertz CT molecular complexity index is 221. The lowest BCUT2D eigenvalue weighted by Gasteiger charge is -2.04. The van der Waals surface area contributed by atoms with Gasteiger partial charge in [-0.2, -0.15) is 13.2 Å². The van der Waals surface area contributed by atoms with E-state index in [-0.39, 0.29) is 5.84 Å². The number of carbonyl (C=O) groups is 1. The van der Waals surface area contributed by atoms with Gasteiger partial charge < -0.3 is 5.32 Å². The molecule has 0 amide bonds. The first-order chi connectivity index (χ1) is 5.50. The van der Waals surface area contributed by atoms with Gasteiger partial charge >= 0.3 is 6.18 Å². The summed E-state index contributed by atoms with van der Waals surface area (Å²) in [4.78, 5) is 14.0. The van der Waals surface area contributed by atoms with E-state index >= 15 is 0 Å². The standard InChI is InChI=1S/C6H7F3N2O/c7-6(8,9)4(12)3-5-10-1-2-11-5/h1-3H2,(H,10,11). The van der Waals surface area contributed by atoms with Crippen molar-refractivity contribution in [3.63, 3.8) is 0 Å². The summed E-state index contributed by atoms with van der Waals surface area (Å²) in [6.07, 6.45) is -5.41. The number of hydrogen-bond acceptors (Lipinski definition) is 3. The maximum atomic E-state index is 11.7. The maximum absolute atomic E-state index is 11.7. The number of hydrogen-bond donors (Lipinski definition) is 1. The minimum atomic E-state index is -4.74. The van der Waals surface area contributed by atoms with Crippen LogP contribution in [0, 0.1) is 0 Å². The van der Waals surface area contributed by atoms with Crippen molar-refractivity contribution in [2.45, 2.75) is 12.6 Å². The van der Waals surface area contributed by atoms with Crippen LogP contribution in [-0.4, -0.2) is 30.9 Å². The number of ketones is 1. The molecule has 1 aliphatic heterocycles. The predicted octanol–water partition coefficient (Wildman–Crippen LogP) is 0.510. The summed E-state index contributed by atoms with van der Waals surface area (Å²) in [6, 6.07) is 0. The molecule has 0 aromatic heterocycles. The first-order valence-electron chi connectivity index (χ1n) is 3.37. The lowest BCUT2D eigenvalue weighted by molar-refractivity contribution is -0.169. The smallest absolute Gasteiger partial charge is 0.372 e. The van der Waals surface area contributed by atoms with E-state index in [0.717, 1.165) is 0 Å². The highest BCUT2D eigenvalue weighted by atomic mass is 19.4. The minimum Gasteiger partial charge on any atom is -0.372 e. The average molecular weight is 180 g/mol. The van der Waals surface area contributed by atoms with Crippen molar-refractivity contribution in [1.82, 2.24) is 5.32 Å². The second kappa shape index (κ2) is 3.12. The summed E-state index contributed by atoms with van der Waals surface area (Å²) in [5.41, 5.74) is 0. The topological polar surface area (TPSA) is 41.5 Å². The normalized spacial score (nSPS) is 17.1. The second-order valence-corrected chi connectivity index (χ2v) is 2.35. The summed E-state index contributed by atoms with van der Waals surface area (Å²) in [7, 11) is 0. The Balaban J connectivity index is 2.46. The van der Waals surface area contributed by atoms with Crippen molar-refractivity contribution in [2.75, 3.05) is 13.1 Å². The molecule has 0 radical (unpaired) electrons. The van der Waals surface area contributed by atoms with Gasteiger partial charge in [0, 0.05) is 6.54 Å².